The van der Waals surface area contributed by atoms with Crippen LogP contribution in [0.25, 0.3) is 0 Å². The first kappa shape index (κ1) is 12.3. The van der Waals surface area contributed by atoms with Crippen LogP contribution in [0.3, 0.4) is 0 Å². The Morgan fingerprint density at radius 1 is 1.28 bits per heavy atom. The summed E-state index contributed by atoms with van der Waals surface area (Å²) in [5.74, 6) is 1.42. The minimum atomic E-state index is 0.242. The molecule has 2 heterocycles. The van der Waals surface area contributed by atoms with Crippen LogP contribution < -0.4 is 10.6 Å². The summed E-state index contributed by atoms with van der Waals surface area (Å²) in [5.41, 5.74) is 0. The van der Waals surface area contributed by atoms with E-state index in [4.69, 9.17) is 5.26 Å². The van der Waals surface area contributed by atoms with Gasteiger partial charge in [-0.05, 0) is 17.9 Å². The van der Waals surface area contributed by atoms with Crippen molar-refractivity contribution in [1.29, 1.82) is 5.26 Å². The predicted molar refractivity (Wildman–Crippen MR) is 72.6 cm³/mol. The van der Waals surface area contributed by atoms with E-state index in [1.807, 2.05) is 6.07 Å². The van der Waals surface area contributed by atoms with E-state index in [0.717, 1.165) is 18.8 Å². The van der Waals surface area contributed by atoms with Crippen LogP contribution in [-0.2, 0) is 6.42 Å². The molecule has 2 N–H and O–H groups in total. The molecule has 0 unspecified atom stereocenters. The van der Waals surface area contributed by atoms with Crippen LogP contribution in [0.2, 0.25) is 0 Å². The summed E-state index contributed by atoms with van der Waals surface area (Å²) >= 11 is 1.75. The molecule has 0 aliphatic heterocycles. The van der Waals surface area contributed by atoms with Gasteiger partial charge in [-0.15, -0.1) is 11.3 Å². The molecule has 2 aromatic rings. The highest BCUT2D eigenvalue weighted by molar-refractivity contribution is 7.09. The summed E-state index contributed by atoms with van der Waals surface area (Å²) in [6.45, 7) is 1.07. The molecule has 5 nitrogen and oxygen atoms in total. The Morgan fingerprint density at radius 2 is 2.11 bits per heavy atom. The van der Waals surface area contributed by atoms with Gasteiger partial charge in [0.15, 0.2) is 0 Å². The molecule has 0 radical (unpaired) electrons. The first-order valence-electron chi connectivity index (χ1n) is 5.57. The van der Waals surface area contributed by atoms with Crippen LogP contribution in [0.4, 0.5) is 11.6 Å². The lowest BCUT2D eigenvalue weighted by molar-refractivity contribution is 1.02. The van der Waals surface area contributed by atoms with E-state index in [9.17, 15) is 0 Å². The molecule has 0 aliphatic rings. The molecule has 0 saturated heterocycles. The molecule has 0 aromatic carbocycles. The van der Waals surface area contributed by atoms with Gasteiger partial charge in [-0.2, -0.15) is 5.26 Å². The summed E-state index contributed by atoms with van der Waals surface area (Å²) in [6.07, 6.45) is 2.45. The van der Waals surface area contributed by atoms with Crippen molar-refractivity contribution in [1.82, 2.24) is 9.97 Å². The summed E-state index contributed by atoms with van der Waals surface area (Å²) < 4.78 is 0. The highest BCUT2D eigenvalue weighted by Crippen LogP contribution is 2.11. The van der Waals surface area contributed by atoms with E-state index in [-0.39, 0.29) is 6.54 Å². The number of aromatic nitrogens is 2. The van der Waals surface area contributed by atoms with E-state index in [1.54, 1.807) is 17.4 Å². The van der Waals surface area contributed by atoms with E-state index in [2.05, 4.69) is 38.1 Å². The normalized spacial score (nSPS) is 9.72. The van der Waals surface area contributed by atoms with Gasteiger partial charge < -0.3 is 10.6 Å². The number of hydrogen-bond donors (Lipinski definition) is 2. The standard InChI is InChI=1S/C12H13N5S/c13-4-6-15-12-8-11(16-9-17-12)14-5-3-10-2-1-7-18-10/h1-2,7-9H,3,5-6H2,(H2,14,15,16,17). The molecule has 0 amide bonds. The Balaban J connectivity index is 1.83. The second kappa shape index (κ2) is 6.57. The van der Waals surface area contributed by atoms with Crippen molar-refractivity contribution in [2.75, 3.05) is 23.7 Å². The van der Waals surface area contributed by atoms with E-state index >= 15 is 0 Å². The Bertz CT molecular complexity index is 518. The fraction of sp³-hybridized carbons (Fsp3) is 0.250. The Labute approximate surface area is 110 Å². The van der Waals surface area contributed by atoms with Crippen molar-refractivity contribution in [3.8, 4) is 6.07 Å². The van der Waals surface area contributed by atoms with Gasteiger partial charge in [0.05, 0.1) is 6.07 Å². The van der Waals surface area contributed by atoms with Crippen LogP contribution in [0.1, 0.15) is 4.88 Å². The van der Waals surface area contributed by atoms with E-state index < -0.39 is 0 Å². The molecule has 0 saturated carbocycles. The van der Waals surface area contributed by atoms with Crippen molar-refractivity contribution >= 4 is 23.0 Å². The molecule has 2 aromatic heterocycles. The van der Waals surface area contributed by atoms with Crippen molar-refractivity contribution in [3.05, 3.63) is 34.8 Å². The lowest BCUT2D eigenvalue weighted by Crippen LogP contribution is -2.07. The largest absolute Gasteiger partial charge is 0.370 e. The molecule has 0 bridgehead atoms. The maximum Gasteiger partial charge on any atom is 0.132 e. The Morgan fingerprint density at radius 3 is 2.83 bits per heavy atom. The number of anilines is 2. The number of nitrogens with one attached hydrogen (secondary N) is 2. The summed E-state index contributed by atoms with van der Waals surface area (Å²) in [5, 5.41) is 16.7. The van der Waals surface area contributed by atoms with Gasteiger partial charge in [-0.25, -0.2) is 9.97 Å². The van der Waals surface area contributed by atoms with Crippen LogP contribution in [0.15, 0.2) is 29.9 Å². The second-order valence-corrected chi connectivity index (χ2v) is 4.59. The monoisotopic (exact) mass is 259 g/mol. The molecule has 0 atom stereocenters. The van der Waals surface area contributed by atoms with E-state index in [0.29, 0.717) is 5.82 Å². The van der Waals surface area contributed by atoms with Crippen molar-refractivity contribution < 1.29 is 0 Å². The first-order valence-corrected chi connectivity index (χ1v) is 6.45. The van der Waals surface area contributed by atoms with Gasteiger partial charge in [0.1, 0.15) is 24.5 Å². The third kappa shape index (κ3) is 3.71. The van der Waals surface area contributed by atoms with Crippen molar-refractivity contribution in [2.24, 2.45) is 0 Å². The maximum absolute atomic E-state index is 8.47. The third-order valence-electron chi connectivity index (χ3n) is 2.27. The second-order valence-electron chi connectivity index (χ2n) is 3.56. The Hall–Kier alpha value is -2.13. The van der Waals surface area contributed by atoms with Crippen LogP contribution in [0, 0.1) is 11.3 Å². The molecule has 0 spiro atoms. The van der Waals surface area contributed by atoms with Crippen LogP contribution in [-0.4, -0.2) is 23.1 Å². The molecular weight excluding hydrogens is 246 g/mol. The van der Waals surface area contributed by atoms with Crippen LogP contribution in [0.5, 0.6) is 0 Å². The minimum Gasteiger partial charge on any atom is -0.370 e. The quantitative estimate of drug-likeness (QED) is 0.777. The number of hydrogen-bond acceptors (Lipinski definition) is 6. The molecule has 0 fully saturated rings. The highest BCUT2D eigenvalue weighted by Gasteiger charge is 1.98. The fourth-order valence-electron chi connectivity index (χ4n) is 1.45. The average Bonchev–Trinajstić information content (AvgIpc) is 2.90. The molecule has 0 aliphatic carbocycles. The molecule has 92 valence electrons. The number of nitrogens with zero attached hydrogens (tertiary/aromatic N) is 3. The fourth-order valence-corrected chi connectivity index (χ4v) is 2.16. The summed E-state index contributed by atoms with van der Waals surface area (Å²) in [7, 11) is 0. The van der Waals surface area contributed by atoms with Gasteiger partial charge >= 0.3 is 0 Å². The molecular formula is C12H13N5S. The maximum atomic E-state index is 8.47. The summed E-state index contributed by atoms with van der Waals surface area (Å²) in [6, 6.07) is 7.97. The SMILES string of the molecule is N#CCNc1cc(NCCc2cccs2)ncn1. The molecule has 6 heteroatoms. The van der Waals surface area contributed by atoms with Crippen LogP contribution >= 0.6 is 11.3 Å². The number of thiophene rings is 1. The molecule has 18 heavy (non-hydrogen) atoms. The lowest BCUT2D eigenvalue weighted by atomic mass is 10.3. The number of nitriles is 1. The summed E-state index contributed by atoms with van der Waals surface area (Å²) in [4.78, 5) is 9.49. The zero-order valence-corrected chi connectivity index (χ0v) is 10.6. The average molecular weight is 259 g/mol. The zero-order chi connectivity index (χ0) is 12.6. The highest BCUT2D eigenvalue weighted by atomic mass is 32.1. The third-order valence-corrected chi connectivity index (χ3v) is 3.21. The van der Waals surface area contributed by atoms with Gasteiger partial charge in [0, 0.05) is 17.5 Å². The van der Waals surface area contributed by atoms with Gasteiger partial charge in [-0.1, -0.05) is 6.07 Å². The topological polar surface area (TPSA) is 73.6 Å². The van der Waals surface area contributed by atoms with Crippen molar-refractivity contribution in [3.63, 3.8) is 0 Å². The van der Waals surface area contributed by atoms with Gasteiger partial charge in [0.2, 0.25) is 0 Å². The smallest absolute Gasteiger partial charge is 0.132 e. The zero-order valence-electron chi connectivity index (χ0n) is 9.76. The van der Waals surface area contributed by atoms with Gasteiger partial charge in [0.25, 0.3) is 0 Å². The lowest BCUT2D eigenvalue weighted by Gasteiger charge is -2.06. The first-order chi connectivity index (χ1) is 8.88. The molecule has 2 rings (SSSR count). The number of rotatable bonds is 6. The van der Waals surface area contributed by atoms with E-state index in [1.165, 1.54) is 11.2 Å². The van der Waals surface area contributed by atoms with Gasteiger partial charge in [-0.3, -0.25) is 0 Å². The predicted octanol–water partition coefficient (Wildman–Crippen LogP) is 2.13. The Kier molecular flexibility index (Phi) is 4.50. The minimum absolute atomic E-state index is 0.242. The van der Waals surface area contributed by atoms with Crippen molar-refractivity contribution in [2.45, 2.75) is 6.42 Å².